The number of benzene rings is 2. The van der Waals surface area contributed by atoms with Gasteiger partial charge in [-0.1, -0.05) is 19.1 Å². The van der Waals surface area contributed by atoms with Crippen LogP contribution in [0.15, 0.2) is 42.5 Å². The molecule has 0 radical (unpaired) electrons. The molecule has 0 aliphatic carbocycles. The second-order valence-electron chi connectivity index (χ2n) is 13.7. The Morgan fingerprint density at radius 1 is 1.04 bits per heavy atom. The maximum Gasteiger partial charge on any atom is 0.264 e. The SMILES string of the molecule is C[C@H](O)C(=O)Nc1ccc(CN2C(=O)[C@]3(O[C@H](CC(=O)N4CCC[C@H]4CO)[C@@H]([Si](C)(C)F)[C@@H]3C)c3cc(NC(=O)[C@H](C)O)ccc32)cc1. The van der Waals surface area contributed by atoms with Crippen LogP contribution in [-0.2, 0) is 36.1 Å². The Labute approximate surface area is 280 Å². The number of carbonyl (C=O) groups is 4. The number of rotatable bonds is 10. The molecule has 2 aromatic carbocycles. The normalized spacial score (nSPS) is 26.5. The van der Waals surface area contributed by atoms with Crippen molar-refractivity contribution in [3.63, 3.8) is 0 Å². The van der Waals surface area contributed by atoms with Crippen LogP contribution in [0.25, 0.3) is 0 Å². The molecule has 3 heterocycles. The van der Waals surface area contributed by atoms with E-state index in [0.29, 0.717) is 41.2 Å². The Kier molecular flexibility index (Phi) is 10.1. The van der Waals surface area contributed by atoms with Crippen molar-refractivity contribution in [1.82, 2.24) is 4.90 Å². The number of anilines is 3. The number of aliphatic hydroxyl groups is 3. The van der Waals surface area contributed by atoms with E-state index < -0.39 is 61.5 Å². The van der Waals surface area contributed by atoms with Gasteiger partial charge in [0.1, 0.15) is 12.2 Å². The van der Waals surface area contributed by atoms with Crippen molar-refractivity contribution in [2.75, 3.05) is 28.7 Å². The van der Waals surface area contributed by atoms with E-state index in [0.717, 1.165) is 6.42 Å². The highest BCUT2D eigenvalue weighted by molar-refractivity contribution is 6.72. The number of ether oxygens (including phenoxy) is 1. The van der Waals surface area contributed by atoms with E-state index >= 15 is 4.11 Å². The van der Waals surface area contributed by atoms with Gasteiger partial charge in [0, 0.05) is 34.9 Å². The molecule has 48 heavy (non-hydrogen) atoms. The number of nitrogens with zero attached hydrogens (tertiary/aromatic N) is 2. The molecular weight excluding hydrogens is 639 g/mol. The fourth-order valence-corrected chi connectivity index (χ4v) is 9.99. The molecule has 2 saturated heterocycles. The summed E-state index contributed by atoms with van der Waals surface area (Å²) in [7, 11) is -3.58. The lowest BCUT2D eigenvalue weighted by molar-refractivity contribution is -0.150. The molecule has 3 aliphatic heterocycles. The van der Waals surface area contributed by atoms with E-state index in [2.05, 4.69) is 10.6 Å². The van der Waals surface area contributed by atoms with Crippen molar-refractivity contribution < 1.29 is 43.3 Å². The molecule has 12 nitrogen and oxygen atoms in total. The predicted molar refractivity (Wildman–Crippen MR) is 179 cm³/mol. The summed E-state index contributed by atoms with van der Waals surface area (Å²) in [6.07, 6.45) is -2.10. The smallest absolute Gasteiger partial charge is 0.264 e. The number of nitrogens with one attached hydrogen (secondary N) is 2. The first-order chi connectivity index (χ1) is 22.6. The number of hydrogen-bond acceptors (Lipinski definition) is 8. The van der Waals surface area contributed by atoms with Crippen LogP contribution in [0.3, 0.4) is 0 Å². The Bertz CT molecular complexity index is 1570. The third kappa shape index (κ3) is 6.63. The average molecular weight is 685 g/mol. The molecule has 2 fully saturated rings. The molecule has 3 aliphatic rings. The zero-order chi connectivity index (χ0) is 35.1. The van der Waals surface area contributed by atoms with Crippen LogP contribution >= 0.6 is 0 Å². The quantitative estimate of drug-likeness (QED) is 0.188. The van der Waals surface area contributed by atoms with Crippen molar-refractivity contribution in [2.24, 2.45) is 5.92 Å². The van der Waals surface area contributed by atoms with E-state index in [-0.39, 0.29) is 31.5 Å². The van der Waals surface area contributed by atoms with E-state index in [4.69, 9.17) is 4.74 Å². The molecule has 2 aromatic rings. The maximum absolute atomic E-state index is 16.3. The van der Waals surface area contributed by atoms with Gasteiger partial charge in [-0.3, -0.25) is 19.2 Å². The van der Waals surface area contributed by atoms with Gasteiger partial charge in [-0.05, 0) is 75.7 Å². The van der Waals surface area contributed by atoms with Gasteiger partial charge in [0.25, 0.3) is 17.7 Å². The van der Waals surface area contributed by atoms with Gasteiger partial charge in [-0.15, -0.1) is 0 Å². The molecule has 5 rings (SSSR count). The first kappa shape index (κ1) is 35.6. The Balaban J connectivity index is 1.53. The molecule has 7 atom stereocenters. The van der Waals surface area contributed by atoms with Gasteiger partial charge >= 0.3 is 0 Å². The summed E-state index contributed by atoms with van der Waals surface area (Å²) in [6, 6.07) is 11.4. The summed E-state index contributed by atoms with van der Waals surface area (Å²) in [5.74, 6) is -2.57. The molecule has 0 aromatic heterocycles. The van der Waals surface area contributed by atoms with Crippen molar-refractivity contribution in [3.05, 3.63) is 53.6 Å². The molecule has 0 unspecified atom stereocenters. The van der Waals surface area contributed by atoms with Crippen LogP contribution in [0.1, 0.15) is 51.2 Å². The Morgan fingerprint density at radius 3 is 2.23 bits per heavy atom. The van der Waals surface area contributed by atoms with E-state index in [1.807, 2.05) is 0 Å². The Hall–Kier alpha value is -3.69. The molecular formula is C34H45FN4O8Si. The van der Waals surface area contributed by atoms with Gasteiger partial charge in [-0.25, -0.2) is 0 Å². The van der Waals surface area contributed by atoms with E-state index in [9.17, 15) is 34.5 Å². The Morgan fingerprint density at radius 2 is 1.65 bits per heavy atom. The van der Waals surface area contributed by atoms with Crippen LogP contribution in [0.2, 0.25) is 18.6 Å². The zero-order valence-corrected chi connectivity index (χ0v) is 28.9. The van der Waals surface area contributed by atoms with E-state index in [1.165, 1.54) is 13.8 Å². The lowest BCUT2D eigenvalue weighted by Crippen LogP contribution is -2.45. The van der Waals surface area contributed by atoms with Crippen LogP contribution in [0.4, 0.5) is 21.2 Å². The summed E-state index contributed by atoms with van der Waals surface area (Å²) in [5, 5.41) is 34.4. The number of carbonyl (C=O) groups excluding carboxylic acids is 4. The highest BCUT2D eigenvalue weighted by atomic mass is 28.4. The molecule has 0 bridgehead atoms. The minimum absolute atomic E-state index is 0.102. The number of halogens is 1. The monoisotopic (exact) mass is 684 g/mol. The number of aliphatic hydroxyl groups excluding tert-OH is 3. The standard InChI is InChI=1S/C34H45FN4O8Si/c1-19-30(48(4,5)35)28(16-29(43)38-14-6-7-25(38)18-40)47-34(19)26-15-24(37-32(45)21(3)42)12-13-27(26)39(33(34)46)17-22-8-10-23(11-9-22)36-31(44)20(2)41/h8-13,15,19-21,25,28,30,40-42H,6-7,14,16-18H2,1-5H3,(H,36,44)(H,37,45)/t19-,20-,21-,25-,28+,30-,34+/m0/s1. The number of amides is 4. The second-order valence-corrected chi connectivity index (χ2v) is 17.5. The van der Waals surface area contributed by atoms with Crippen molar-refractivity contribution in [2.45, 2.75) is 95.2 Å². The van der Waals surface area contributed by atoms with Crippen LogP contribution in [-0.4, -0.2) is 89.8 Å². The first-order valence-corrected chi connectivity index (χ1v) is 19.3. The fraction of sp³-hybridized carbons (Fsp3) is 0.529. The number of likely N-dealkylation sites (tertiary alicyclic amines) is 1. The summed E-state index contributed by atoms with van der Waals surface area (Å²) in [4.78, 5) is 55.8. The summed E-state index contributed by atoms with van der Waals surface area (Å²) in [5.41, 5.74) is 0.0198. The largest absolute Gasteiger partial charge is 0.394 e. The predicted octanol–water partition coefficient (Wildman–Crippen LogP) is 3.02. The minimum atomic E-state index is -3.58. The van der Waals surface area contributed by atoms with Crippen LogP contribution in [0, 0.1) is 5.92 Å². The van der Waals surface area contributed by atoms with E-state index in [1.54, 1.807) is 72.3 Å². The fourth-order valence-electron chi connectivity index (χ4n) is 7.49. The topological polar surface area (TPSA) is 169 Å². The maximum atomic E-state index is 16.3. The average Bonchev–Trinajstić information content (AvgIpc) is 3.68. The van der Waals surface area contributed by atoms with Gasteiger partial charge < -0.3 is 44.6 Å². The summed E-state index contributed by atoms with van der Waals surface area (Å²) in [6.45, 7) is 8.00. The van der Waals surface area contributed by atoms with Crippen molar-refractivity contribution in [3.8, 4) is 0 Å². The lowest BCUT2D eigenvalue weighted by atomic mass is 9.82. The molecule has 14 heteroatoms. The third-order valence-electron chi connectivity index (χ3n) is 9.83. The van der Waals surface area contributed by atoms with Gasteiger partial charge in [0.2, 0.25) is 14.3 Å². The molecule has 260 valence electrons. The highest BCUT2D eigenvalue weighted by Gasteiger charge is 2.67. The molecule has 5 N–H and O–H groups in total. The first-order valence-electron chi connectivity index (χ1n) is 16.4. The van der Waals surface area contributed by atoms with Gasteiger partial charge in [0.05, 0.1) is 37.4 Å². The van der Waals surface area contributed by atoms with Crippen LogP contribution < -0.4 is 15.5 Å². The zero-order valence-electron chi connectivity index (χ0n) is 27.9. The van der Waals surface area contributed by atoms with Crippen LogP contribution in [0.5, 0.6) is 0 Å². The lowest BCUT2D eigenvalue weighted by Gasteiger charge is -2.31. The van der Waals surface area contributed by atoms with Gasteiger partial charge in [-0.2, -0.15) is 0 Å². The number of hydrogen-bond donors (Lipinski definition) is 5. The summed E-state index contributed by atoms with van der Waals surface area (Å²) >= 11 is 0. The molecule has 4 amide bonds. The summed E-state index contributed by atoms with van der Waals surface area (Å²) < 4.78 is 23.0. The molecule has 0 saturated carbocycles. The number of fused-ring (bicyclic) bond motifs is 2. The van der Waals surface area contributed by atoms with Crippen molar-refractivity contribution in [1.29, 1.82) is 0 Å². The minimum Gasteiger partial charge on any atom is -0.394 e. The second kappa shape index (κ2) is 13.7. The van der Waals surface area contributed by atoms with Crippen molar-refractivity contribution >= 4 is 49.1 Å². The van der Waals surface area contributed by atoms with Gasteiger partial charge in [0.15, 0.2) is 5.60 Å². The molecule has 1 spiro atoms. The highest BCUT2D eigenvalue weighted by Crippen LogP contribution is 2.60. The third-order valence-corrected chi connectivity index (χ3v) is 12.3.